The van der Waals surface area contributed by atoms with E-state index in [-0.39, 0.29) is 12.5 Å². The Morgan fingerprint density at radius 1 is 1.10 bits per heavy atom. The van der Waals surface area contributed by atoms with Crippen LogP contribution in [0.2, 0.25) is 0 Å². The van der Waals surface area contributed by atoms with Gasteiger partial charge >= 0.3 is 6.03 Å². The standard InChI is InChI=1S/C22H24N4O5/c27-19(14-25-20(28)22(23-21(25)29)9-3-1-2-4-10-22)26-16(18-8-6-12-31-18)13-15(24-26)17-7-5-11-30-17/h5-8,11-12,16H,1-4,9-10,13-14H2,(H,23,29). The lowest BCUT2D eigenvalue weighted by atomic mass is 9.90. The Bertz CT molecular complexity index is 1000. The van der Waals surface area contributed by atoms with Crippen molar-refractivity contribution in [2.75, 3.05) is 6.54 Å². The number of urea groups is 1. The summed E-state index contributed by atoms with van der Waals surface area (Å²) < 4.78 is 11.0. The zero-order valence-electron chi connectivity index (χ0n) is 17.1. The monoisotopic (exact) mass is 424 g/mol. The van der Waals surface area contributed by atoms with Gasteiger partial charge in [-0.25, -0.2) is 9.80 Å². The molecule has 162 valence electrons. The van der Waals surface area contributed by atoms with Gasteiger partial charge in [0.05, 0.1) is 12.5 Å². The average molecular weight is 424 g/mol. The molecule has 9 heteroatoms. The molecule has 1 saturated heterocycles. The number of furan rings is 2. The number of hydrazone groups is 1. The van der Waals surface area contributed by atoms with Crippen molar-refractivity contribution in [1.82, 2.24) is 15.2 Å². The van der Waals surface area contributed by atoms with Gasteiger partial charge in [-0.1, -0.05) is 25.7 Å². The van der Waals surface area contributed by atoms with Gasteiger partial charge in [0.1, 0.15) is 35.4 Å². The van der Waals surface area contributed by atoms with Gasteiger partial charge in [-0.05, 0) is 37.1 Å². The molecular weight excluding hydrogens is 400 g/mol. The lowest BCUT2D eigenvalue weighted by molar-refractivity contribution is -0.140. The van der Waals surface area contributed by atoms with Crippen molar-refractivity contribution in [3.05, 3.63) is 48.3 Å². The van der Waals surface area contributed by atoms with Crippen molar-refractivity contribution < 1.29 is 23.2 Å². The first-order chi connectivity index (χ1) is 15.1. The molecule has 5 rings (SSSR count). The molecule has 1 aliphatic carbocycles. The molecule has 4 heterocycles. The molecule has 2 aromatic heterocycles. The molecule has 1 atom stereocenters. The Hall–Kier alpha value is -3.36. The van der Waals surface area contributed by atoms with Crippen LogP contribution < -0.4 is 5.32 Å². The molecule has 1 unspecified atom stereocenters. The van der Waals surface area contributed by atoms with E-state index in [0.717, 1.165) is 30.6 Å². The third-order valence-corrected chi connectivity index (χ3v) is 6.34. The van der Waals surface area contributed by atoms with Crippen molar-refractivity contribution in [2.24, 2.45) is 5.10 Å². The Labute approximate surface area is 179 Å². The molecule has 2 fully saturated rings. The molecule has 2 aromatic rings. The maximum absolute atomic E-state index is 13.2. The molecule has 3 aliphatic rings. The summed E-state index contributed by atoms with van der Waals surface area (Å²) in [5.41, 5.74) is -0.265. The van der Waals surface area contributed by atoms with Crippen LogP contribution in [0.3, 0.4) is 0 Å². The number of hydrogen-bond acceptors (Lipinski definition) is 6. The van der Waals surface area contributed by atoms with E-state index in [1.54, 1.807) is 30.5 Å². The van der Waals surface area contributed by atoms with Crippen molar-refractivity contribution in [3.63, 3.8) is 0 Å². The van der Waals surface area contributed by atoms with Crippen molar-refractivity contribution in [1.29, 1.82) is 0 Å². The quantitative estimate of drug-likeness (QED) is 0.759. The zero-order chi connectivity index (χ0) is 21.4. The van der Waals surface area contributed by atoms with Crippen LogP contribution in [0.5, 0.6) is 0 Å². The van der Waals surface area contributed by atoms with E-state index in [1.165, 1.54) is 11.3 Å². The highest BCUT2D eigenvalue weighted by Crippen LogP contribution is 2.35. The number of carbonyl (C=O) groups is 3. The topological polar surface area (TPSA) is 108 Å². The van der Waals surface area contributed by atoms with Gasteiger partial charge in [-0.2, -0.15) is 5.10 Å². The molecule has 0 aromatic carbocycles. The van der Waals surface area contributed by atoms with Crippen LogP contribution in [0, 0.1) is 0 Å². The van der Waals surface area contributed by atoms with Crippen LogP contribution in [-0.2, 0) is 9.59 Å². The number of amides is 4. The first-order valence-electron chi connectivity index (χ1n) is 10.7. The summed E-state index contributed by atoms with van der Waals surface area (Å²) in [4.78, 5) is 40.1. The third kappa shape index (κ3) is 3.43. The van der Waals surface area contributed by atoms with Crippen molar-refractivity contribution >= 4 is 23.6 Å². The van der Waals surface area contributed by atoms with Gasteiger partial charge in [0.15, 0.2) is 0 Å². The molecule has 2 aliphatic heterocycles. The number of carbonyl (C=O) groups excluding carboxylic acids is 3. The van der Waals surface area contributed by atoms with Gasteiger partial charge in [0, 0.05) is 6.42 Å². The van der Waals surface area contributed by atoms with E-state index in [9.17, 15) is 14.4 Å². The number of rotatable bonds is 4. The Morgan fingerprint density at radius 3 is 2.52 bits per heavy atom. The summed E-state index contributed by atoms with van der Waals surface area (Å²) in [7, 11) is 0. The van der Waals surface area contributed by atoms with Crippen LogP contribution in [0.1, 0.15) is 62.5 Å². The highest BCUT2D eigenvalue weighted by Gasteiger charge is 2.51. The minimum absolute atomic E-state index is 0.309. The van der Waals surface area contributed by atoms with Gasteiger partial charge in [-0.3, -0.25) is 14.5 Å². The average Bonchev–Trinajstić information content (AvgIpc) is 3.53. The predicted octanol–water partition coefficient (Wildman–Crippen LogP) is 3.20. The fourth-order valence-corrected chi connectivity index (χ4v) is 4.73. The molecule has 31 heavy (non-hydrogen) atoms. The fourth-order valence-electron chi connectivity index (χ4n) is 4.73. The first kappa shape index (κ1) is 19.6. The fraction of sp³-hybridized carbons (Fsp3) is 0.455. The lowest BCUT2D eigenvalue weighted by Crippen LogP contribution is -2.47. The van der Waals surface area contributed by atoms with Crippen LogP contribution in [0.15, 0.2) is 50.7 Å². The van der Waals surface area contributed by atoms with E-state index >= 15 is 0 Å². The summed E-state index contributed by atoms with van der Waals surface area (Å²) in [6.45, 7) is -0.363. The third-order valence-electron chi connectivity index (χ3n) is 6.34. The van der Waals surface area contributed by atoms with Gasteiger partial charge < -0.3 is 14.2 Å². The Morgan fingerprint density at radius 2 is 1.84 bits per heavy atom. The zero-order valence-corrected chi connectivity index (χ0v) is 17.1. The van der Waals surface area contributed by atoms with E-state index in [1.807, 2.05) is 0 Å². The Kier molecular flexibility index (Phi) is 4.88. The van der Waals surface area contributed by atoms with Crippen LogP contribution in [0.4, 0.5) is 4.79 Å². The SMILES string of the molecule is O=C1NC2(CCCCCC2)C(=O)N1CC(=O)N1N=C(c2ccco2)CC1c1ccco1. The number of nitrogens with one attached hydrogen (secondary N) is 1. The van der Waals surface area contributed by atoms with Crippen LogP contribution >= 0.6 is 0 Å². The summed E-state index contributed by atoms with van der Waals surface area (Å²) in [6, 6.07) is 6.08. The minimum atomic E-state index is -0.873. The summed E-state index contributed by atoms with van der Waals surface area (Å²) in [6.07, 6.45) is 8.59. The van der Waals surface area contributed by atoms with Crippen molar-refractivity contribution in [2.45, 2.75) is 56.5 Å². The molecule has 1 N–H and O–H groups in total. The van der Waals surface area contributed by atoms with E-state index in [4.69, 9.17) is 8.83 Å². The van der Waals surface area contributed by atoms with E-state index < -0.39 is 23.5 Å². The highest BCUT2D eigenvalue weighted by molar-refractivity contribution is 6.09. The van der Waals surface area contributed by atoms with E-state index in [2.05, 4.69) is 10.4 Å². The second kappa shape index (κ2) is 7.72. The number of nitrogens with zero attached hydrogens (tertiary/aromatic N) is 3. The summed E-state index contributed by atoms with van der Waals surface area (Å²) in [5, 5.41) is 8.63. The molecule has 4 amide bonds. The Balaban J connectivity index is 1.38. The van der Waals surface area contributed by atoms with Crippen LogP contribution in [0.25, 0.3) is 0 Å². The maximum Gasteiger partial charge on any atom is 0.325 e. The normalized spacial score (nSPS) is 23.2. The maximum atomic E-state index is 13.2. The smallest absolute Gasteiger partial charge is 0.325 e. The van der Waals surface area contributed by atoms with E-state index in [0.29, 0.717) is 36.5 Å². The summed E-state index contributed by atoms with van der Waals surface area (Å²) >= 11 is 0. The molecule has 0 bridgehead atoms. The lowest BCUT2D eigenvalue weighted by Gasteiger charge is -2.25. The molecule has 1 saturated carbocycles. The highest BCUT2D eigenvalue weighted by atomic mass is 16.3. The second-order valence-electron chi connectivity index (χ2n) is 8.32. The molecule has 1 spiro atoms. The summed E-state index contributed by atoms with van der Waals surface area (Å²) in [5.74, 6) is 0.393. The predicted molar refractivity (Wildman–Crippen MR) is 109 cm³/mol. The van der Waals surface area contributed by atoms with Crippen LogP contribution in [-0.4, -0.2) is 45.5 Å². The molecular formula is C22H24N4O5. The van der Waals surface area contributed by atoms with Crippen molar-refractivity contribution in [3.8, 4) is 0 Å². The molecule has 0 radical (unpaired) electrons. The molecule has 9 nitrogen and oxygen atoms in total. The largest absolute Gasteiger partial charge is 0.467 e. The van der Waals surface area contributed by atoms with Gasteiger partial charge in [-0.15, -0.1) is 0 Å². The van der Waals surface area contributed by atoms with Gasteiger partial charge in [0.2, 0.25) is 0 Å². The second-order valence-corrected chi connectivity index (χ2v) is 8.32. The van der Waals surface area contributed by atoms with Gasteiger partial charge in [0.25, 0.3) is 11.8 Å². The minimum Gasteiger partial charge on any atom is -0.467 e. The number of imide groups is 1. The number of hydrogen-bond donors (Lipinski definition) is 1. The first-order valence-corrected chi connectivity index (χ1v) is 10.7.